The highest BCUT2D eigenvalue weighted by Crippen LogP contribution is 2.24. The average Bonchev–Trinajstić information content (AvgIpc) is 2.29. The summed E-state index contributed by atoms with van der Waals surface area (Å²) in [5.74, 6) is 0.573. The molecule has 0 amide bonds. The van der Waals surface area contributed by atoms with Crippen LogP contribution >= 0.6 is 15.9 Å². The Kier molecular flexibility index (Phi) is 4.01. The number of aromatic nitrogens is 1. The van der Waals surface area contributed by atoms with E-state index in [0.29, 0.717) is 18.2 Å². The van der Waals surface area contributed by atoms with E-state index in [1.807, 2.05) is 0 Å². The minimum atomic E-state index is 0.194. The van der Waals surface area contributed by atoms with Gasteiger partial charge in [-0.1, -0.05) is 0 Å². The van der Waals surface area contributed by atoms with Crippen molar-refractivity contribution in [3.63, 3.8) is 0 Å². The van der Waals surface area contributed by atoms with E-state index in [-0.39, 0.29) is 6.10 Å². The summed E-state index contributed by atoms with van der Waals surface area (Å²) in [7, 11) is 0. The number of nitrogens with zero attached hydrogens (tertiary/aromatic N) is 1. The third-order valence-corrected chi connectivity index (χ3v) is 3.08. The third-order valence-electron chi connectivity index (χ3n) is 2.51. The second-order valence-corrected chi connectivity index (χ2v) is 4.71. The van der Waals surface area contributed by atoms with E-state index in [1.165, 1.54) is 6.42 Å². The van der Waals surface area contributed by atoms with Gasteiger partial charge < -0.3 is 15.2 Å². The highest BCUT2D eigenvalue weighted by atomic mass is 79.9. The largest absolute Gasteiger partial charge is 0.474 e. The molecule has 1 aromatic heterocycles. The third kappa shape index (κ3) is 3.09. The van der Waals surface area contributed by atoms with Crippen LogP contribution in [0.25, 0.3) is 0 Å². The Morgan fingerprint density at radius 3 is 3.12 bits per heavy atom. The predicted octanol–water partition coefficient (Wildman–Crippen LogP) is 2.37. The van der Waals surface area contributed by atoms with Crippen molar-refractivity contribution < 1.29 is 9.47 Å². The zero-order valence-corrected chi connectivity index (χ0v) is 10.6. The van der Waals surface area contributed by atoms with Gasteiger partial charge in [-0.05, 0) is 41.3 Å². The lowest BCUT2D eigenvalue weighted by atomic mass is 10.1. The van der Waals surface area contributed by atoms with Crippen molar-refractivity contribution in [2.24, 2.45) is 0 Å². The molecule has 1 fully saturated rings. The van der Waals surface area contributed by atoms with Crippen molar-refractivity contribution in [1.29, 1.82) is 0 Å². The van der Waals surface area contributed by atoms with Gasteiger partial charge >= 0.3 is 0 Å². The van der Waals surface area contributed by atoms with Gasteiger partial charge in [0, 0.05) is 6.61 Å². The van der Waals surface area contributed by atoms with E-state index in [1.54, 1.807) is 12.3 Å². The SMILES string of the molecule is Nc1cnc(OCC2CCCCO2)c(Br)c1. The van der Waals surface area contributed by atoms with Crippen LogP contribution in [0.1, 0.15) is 19.3 Å². The smallest absolute Gasteiger partial charge is 0.228 e. The molecule has 1 atom stereocenters. The summed E-state index contributed by atoms with van der Waals surface area (Å²) < 4.78 is 11.9. The summed E-state index contributed by atoms with van der Waals surface area (Å²) in [5, 5.41) is 0. The van der Waals surface area contributed by atoms with E-state index >= 15 is 0 Å². The van der Waals surface area contributed by atoms with Crippen LogP contribution in [-0.4, -0.2) is 24.3 Å². The van der Waals surface area contributed by atoms with Gasteiger partial charge in [0.15, 0.2) is 0 Å². The van der Waals surface area contributed by atoms with Crippen LogP contribution in [0.2, 0.25) is 0 Å². The fourth-order valence-electron chi connectivity index (χ4n) is 1.66. The number of anilines is 1. The van der Waals surface area contributed by atoms with E-state index in [0.717, 1.165) is 23.9 Å². The van der Waals surface area contributed by atoms with Gasteiger partial charge in [0.25, 0.3) is 0 Å². The molecular weight excluding hydrogens is 272 g/mol. The van der Waals surface area contributed by atoms with E-state index < -0.39 is 0 Å². The van der Waals surface area contributed by atoms with Gasteiger partial charge in [0.2, 0.25) is 5.88 Å². The maximum absolute atomic E-state index is 5.59. The highest BCUT2D eigenvalue weighted by molar-refractivity contribution is 9.10. The Morgan fingerprint density at radius 2 is 2.44 bits per heavy atom. The lowest BCUT2D eigenvalue weighted by Crippen LogP contribution is -2.26. The van der Waals surface area contributed by atoms with Gasteiger partial charge in [-0.3, -0.25) is 0 Å². The van der Waals surface area contributed by atoms with Gasteiger partial charge in [-0.2, -0.15) is 0 Å². The van der Waals surface area contributed by atoms with E-state index in [9.17, 15) is 0 Å². The normalized spacial score (nSPS) is 20.7. The molecule has 0 bridgehead atoms. The minimum Gasteiger partial charge on any atom is -0.474 e. The Labute approximate surface area is 103 Å². The maximum atomic E-state index is 5.59. The quantitative estimate of drug-likeness (QED) is 0.927. The van der Waals surface area contributed by atoms with Crippen LogP contribution in [0.15, 0.2) is 16.7 Å². The molecule has 0 saturated carbocycles. The van der Waals surface area contributed by atoms with Crippen LogP contribution in [0.3, 0.4) is 0 Å². The van der Waals surface area contributed by atoms with Crippen molar-refractivity contribution in [3.05, 3.63) is 16.7 Å². The molecule has 88 valence electrons. The molecule has 2 heterocycles. The van der Waals surface area contributed by atoms with Crippen LogP contribution < -0.4 is 10.5 Å². The second-order valence-electron chi connectivity index (χ2n) is 3.86. The minimum absolute atomic E-state index is 0.194. The van der Waals surface area contributed by atoms with Crippen LogP contribution in [0.4, 0.5) is 5.69 Å². The molecule has 1 saturated heterocycles. The summed E-state index contributed by atoms with van der Waals surface area (Å²) in [6.45, 7) is 1.39. The number of nitrogen functional groups attached to an aromatic ring is 1. The van der Waals surface area contributed by atoms with Gasteiger partial charge in [-0.15, -0.1) is 0 Å². The molecule has 1 unspecified atom stereocenters. The van der Waals surface area contributed by atoms with Gasteiger partial charge in [0.05, 0.1) is 22.5 Å². The number of halogens is 1. The standard InChI is InChI=1S/C11H15BrN2O2/c12-10-5-8(13)6-14-11(10)16-7-9-3-1-2-4-15-9/h5-6,9H,1-4,7,13H2. The van der Waals surface area contributed by atoms with Crippen molar-refractivity contribution >= 4 is 21.6 Å². The Bertz CT molecular complexity index is 354. The number of pyridine rings is 1. The number of hydrogen-bond acceptors (Lipinski definition) is 4. The zero-order valence-electron chi connectivity index (χ0n) is 8.99. The summed E-state index contributed by atoms with van der Waals surface area (Å²) in [4.78, 5) is 4.11. The predicted molar refractivity (Wildman–Crippen MR) is 65.4 cm³/mol. The number of hydrogen-bond donors (Lipinski definition) is 1. The molecule has 2 rings (SSSR count). The first-order chi connectivity index (χ1) is 7.75. The van der Waals surface area contributed by atoms with Crippen molar-refractivity contribution in [1.82, 2.24) is 4.98 Å². The molecule has 1 aromatic rings. The van der Waals surface area contributed by atoms with Crippen molar-refractivity contribution in [3.8, 4) is 5.88 Å². The number of nitrogens with two attached hydrogens (primary N) is 1. The molecule has 2 N–H and O–H groups in total. The first-order valence-corrected chi connectivity index (χ1v) is 6.20. The summed E-state index contributed by atoms with van der Waals surface area (Å²) in [6.07, 6.45) is 5.21. The van der Waals surface area contributed by atoms with Crippen molar-refractivity contribution in [2.45, 2.75) is 25.4 Å². The Balaban J connectivity index is 1.88. The first-order valence-electron chi connectivity index (χ1n) is 5.41. The molecule has 0 radical (unpaired) electrons. The molecule has 0 aromatic carbocycles. The monoisotopic (exact) mass is 286 g/mol. The van der Waals surface area contributed by atoms with Crippen LogP contribution in [-0.2, 0) is 4.74 Å². The van der Waals surface area contributed by atoms with Crippen LogP contribution in [0.5, 0.6) is 5.88 Å². The number of ether oxygens (including phenoxy) is 2. The van der Waals surface area contributed by atoms with E-state index in [2.05, 4.69) is 20.9 Å². The second kappa shape index (κ2) is 5.50. The molecule has 16 heavy (non-hydrogen) atoms. The fraction of sp³-hybridized carbons (Fsp3) is 0.545. The highest BCUT2D eigenvalue weighted by Gasteiger charge is 2.15. The molecule has 5 heteroatoms. The Hall–Kier alpha value is -0.810. The van der Waals surface area contributed by atoms with Crippen LogP contribution in [0, 0.1) is 0 Å². The fourth-order valence-corrected chi connectivity index (χ4v) is 2.14. The maximum Gasteiger partial charge on any atom is 0.228 e. The lowest BCUT2D eigenvalue weighted by molar-refractivity contribution is -0.0120. The summed E-state index contributed by atoms with van der Waals surface area (Å²) >= 11 is 3.36. The summed E-state index contributed by atoms with van der Waals surface area (Å²) in [6, 6.07) is 1.78. The van der Waals surface area contributed by atoms with Gasteiger partial charge in [0.1, 0.15) is 6.61 Å². The average molecular weight is 287 g/mol. The lowest BCUT2D eigenvalue weighted by Gasteiger charge is -2.22. The summed E-state index contributed by atoms with van der Waals surface area (Å²) in [5.41, 5.74) is 6.21. The molecule has 4 nitrogen and oxygen atoms in total. The molecule has 0 aliphatic carbocycles. The Morgan fingerprint density at radius 1 is 1.56 bits per heavy atom. The zero-order chi connectivity index (χ0) is 11.4. The molecule has 1 aliphatic heterocycles. The van der Waals surface area contributed by atoms with E-state index in [4.69, 9.17) is 15.2 Å². The van der Waals surface area contributed by atoms with Gasteiger partial charge in [-0.25, -0.2) is 4.98 Å². The first kappa shape index (κ1) is 11.7. The molecular formula is C11H15BrN2O2. The molecule has 0 spiro atoms. The number of rotatable bonds is 3. The topological polar surface area (TPSA) is 57.4 Å². The van der Waals surface area contributed by atoms with Crippen molar-refractivity contribution in [2.75, 3.05) is 18.9 Å². The molecule has 1 aliphatic rings.